The Hall–Kier alpha value is -2.49. The van der Waals surface area contributed by atoms with Gasteiger partial charge < -0.3 is 28.8 Å². The summed E-state index contributed by atoms with van der Waals surface area (Å²) in [6.07, 6.45) is 29.6. The van der Waals surface area contributed by atoms with Crippen LogP contribution in [0.25, 0.3) is 0 Å². The number of ether oxygens (including phenoxy) is 5. The highest BCUT2D eigenvalue weighted by molar-refractivity contribution is 5.70. The Morgan fingerprint density at radius 3 is 1.23 bits per heavy atom. The van der Waals surface area contributed by atoms with Crippen molar-refractivity contribution in [1.82, 2.24) is 0 Å². The van der Waals surface area contributed by atoms with Crippen molar-refractivity contribution in [3.05, 3.63) is 34.9 Å². The Morgan fingerprint density at radius 2 is 0.789 bits per heavy atom. The van der Waals surface area contributed by atoms with Gasteiger partial charge in [-0.3, -0.25) is 14.4 Å². The van der Waals surface area contributed by atoms with Crippen molar-refractivity contribution in [3.8, 4) is 0 Å². The molecule has 330 valence electrons. The fourth-order valence-electron chi connectivity index (χ4n) is 6.78. The molecule has 9 heteroatoms. The van der Waals surface area contributed by atoms with Gasteiger partial charge in [0.15, 0.2) is 6.29 Å². The summed E-state index contributed by atoms with van der Waals surface area (Å²) >= 11 is 0. The predicted octanol–water partition coefficient (Wildman–Crippen LogP) is 12.5. The van der Waals surface area contributed by atoms with Crippen LogP contribution in [-0.2, 0) is 57.9 Å². The summed E-state index contributed by atoms with van der Waals surface area (Å²) < 4.78 is 28.6. The van der Waals surface area contributed by atoms with Crippen molar-refractivity contribution < 1.29 is 43.2 Å². The van der Waals surface area contributed by atoms with Crippen molar-refractivity contribution >= 4 is 17.9 Å². The molecule has 1 aromatic carbocycles. The predicted molar refractivity (Wildman–Crippen MR) is 230 cm³/mol. The van der Waals surface area contributed by atoms with Gasteiger partial charge in [0.2, 0.25) is 0 Å². The number of unbranched alkanes of at least 4 members (excludes halogenated alkanes) is 21. The lowest BCUT2D eigenvalue weighted by atomic mass is 10.1. The third kappa shape index (κ3) is 33.1. The molecule has 0 aliphatic carbocycles. The Labute approximate surface area is 348 Å². The van der Waals surface area contributed by atoms with Crippen LogP contribution in [0.4, 0.5) is 0 Å². The summed E-state index contributed by atoms with van der Waals surface area (Å²) in [5.41, 5.74) is 2.09. The lowest BCUT2D eigenvalue weighted by Gasteiger charge is -2.19. The third-order valence-corrected chi connectivity index (χ3v) is 10.3. The fourth-order valence-corrected chi connectivity index (χ4v) is 6.78. The molecule has 0 radical (unpaired) electrons. The molecule has 0 heterocycles. The number of rotatable bonds is 41. The van der Waals surface area contributed by atoms with Crippen LogP contribution in [0.15, 0.2) is 18.2 Å². The number of hydrogen-bond donors (Lipinski definition) is 1. The number of benzene rings is 1. The molecule has 0 bridgehead atoms. The summed E-state index contributed by atoms with van der Waals surface area (Å²) in [7, 11) is 0. The van der Waals surface area contributed by atoms with Crippen LogP contribution in [0.3, 0.4) is 0 Å². The molecule has 0 atom stereocenters. The minimum Gasteiger partial charge on any atom is -0.466 e. The van der Waals surface area contributed by atoms with Gasteiger partial charge >= 0.3 is 17.9 Å². The van der Waals surface area contributed by atoms with E-state index in [2.05, 4.69) is 20.8 Å². The molecule has 0 saturated heterocycles. The second kappa shape index (κ2) is 39.0. The Morgan fingerprint density at radius 1 is 0.439 bits per heavy atom. The summed E-state index contributed by atoms with van der Waals surface area (Å²) in [6, 6.07) is 5.40. The lowest BCUT2D eigenvalue weighted by molar-refractivity contribution is -0.160. The van der Waals surface area contributed by atoms with E-state index in [-0.39, 0.29) is 50.6 Å². The minimum atomic E-state index is -0.427. The van der Waals surface area contributed by atoms with Crippen LogP contribution >= 0.6 is 0 Å². The lowest BCUT2D eigenvalue weighted by Crippen LogP contribution is -2.21. The van der Waals surface area contributed by atoms with Crippen molar-refractivity contribution in [1.29, 1.82) is 0 Å². The number of aliphatic hydroxyl groups is 1. The van der Waals surface area contributed by atoms with E-state index in [9.17, 15) is 19.5 Å². The van der Waals surface area contributed by atoms with Gasteiger partial charge in [-0.1, -0.05) is 161 Å². The van der Waals surface area contributed by atoms with Gasteiger partial charge in [-0.15, -0.1) is 0 Å². The van der Waals surface area contributed by atoms with Gasteiger partial charge in [0, 0.05) is 32.5 Å². The molecule has 1 N–H and O–H groups in total. The summed E-state index contributed by atoms with van der Waals surface area (Å²) in [5.74, 6) is -0.812. The zero-order valence-corrected chi connectivity index (χ0v) is 36.8. The number of carbonyl (C=O) groups is 3. The highest BCUT2D eigenvalue weighted by Gasteiger charge is 2.15. The van der Waals surface area contributed by atoms with Gasteiger partial charge in [0.1, 0.15) is 13.2 Å². The molecule has 0 amide bonds. The number of aliphatic hydroxyl groups excluding tert-OH is 1. The first-order chi connectivity index (χ1) is 27.9. The van der Waals surface area contributed by atoms with E-state index in [1.54, 1.807) is 12.1 Å². The fraction of sp³-hybridized carbons (Fsp3) is 0.812. The summed E-state index contributed by atoms with van der Waals surface area (Å²) in [5, 5.41) is 9.83. The smallest absolute Gasteiger partial charge is 0.306 e. The molecule has 9 nitrogen and oxygen atoms in total. The molecule has 0 spiro atoms. The maximum Gasteiger partial charge on any atom is 0.306 e. The van der Waals surface area contributed by atoms with Crippen molar-refractivity contribution in [2.24, 2.45) is 0 Å². The molecule has 1 rings (SSSR count). The average molecular weight is 805 g/mol. The van der Waals surface area contributed by atoms with Crippen LogP contribution in [0, 0.1) is 0 Å². The van der Waals surface area contributed by atoms with E-state index in [0.29, 0.717) is 51.1 Å². The monoisotopic (exact) mass is 805 g/mol. The normalized spacial score (nSPS) is 11.3. The molecule has 1 aromatic rings. The molecular weight excluding hydrogens is 721 g/mol. The van der Waals surface area contributed by atoms with Crippen molar-refractivity contribution in [2.45, 2.75) is 233 Å². The van der Waals surface area contributed by atoms with Gasteiger partial charge in [-0.25, -0.2) is 0 Å². The van der Waals surface area contributed by atoms with E-state index in [1.807, 2.05) is 6.07 Å². The Balaban J connectivity index is 2.33. The largest absolute Gasteiger partial charge is 0.466 e. The molecular formula is C48H84O9. The third-order valence-electron chi connectivity index (χ3n) is 10.3. The molecule has 57 heavy (non-hydrogen) atoms. The van der Waals surface area contributed by atoms with Gasteiger partial charge in [0.25, 0.3) is 0 Å². The van der Waals surface area contributed by atoms with Crippen molar-refractivity contribution in [3.63, 3.8) is 0 Å². The molecule has 0 unspecified atom stereocenters. The van der Waals surface area contributed by atoms with E-state index in [0.717, 1.165) is 56.1 Å². The second-order valence-electron chi connectivity index (χ2n) is 15.8. The summed E-state index contributed by atoms with van der Waals surface area (Å²) in [4.78, 5) is 37.3. The van der Waals surface area contributed by atoms with Gasteiger partial charge in [0.05, 0.1) is 19.6 Å². The number of esters is 3. The van der Waals surface area contributed by atoms with Crippen molar-refractivity contribution in [2.75, 3.05) is 19.8 Å². The zero-order valence-electron chi connectivity index (χ0n) is 36.8. The standard InChI is InChI=1S/C48H84O9/c1-4-7-10-13-16-17-18-19-22-26-33-53-45(50)29-24-23-25-30-46(51)56-40-43-36-42(39-49)37-44(38-43)41-57-47(52)31-32-48(54-34-27-20-14-11-8-5-2)55-35-28-21-15-12-9-6-3/h36-38,48-49H,4-35,39-41H2,1-3H3. The molecule has 0 aliphatic rings. The molecule has 0 aromatic heterocycles. The van der Waals surface area contributed by atoms with E-state index in [4.69, 9.17) is 23.7 Å². The van der Waals surface area contributed by atoms with Gasteiger partial charge in [-0.05, 0) is 54.9 Å². The van der Waals surface area contributed by atoms with Crippen LogP contribution in [0.2, 0.25) is 0 Å². The van der Waals surface area contributed by atoms with Crippen LogP contribution in [-0.4, -0.2) is 49.1 Å². The number of hydrogen-bond acceptors (Lipinski definition) is 9. The van der Waals surface area contributed by atoms with Crippen LogP contribution in [0.1, 0.15) is 224 Å². The highest BCUT2D eigenvalue weighted by Crippen LogP contribution is 2.17. The van der Waals surface area contributed by atoms with Crippen LogP contribution in [0.5, 0.6) is 0 Å². The van der Waals surface area contributed by atoms with E-state index in [1.165, 1.54) is 103 Å². The first kappa shape index (κ1) is 52.5. The molecule has 0 saturated carbocycles. The zero-order chi connectivity index (χ0) is 41.4. The Bertz CT molecular complexity index is 1090. The first-order valence-electron chi connectivity index (χ1n) is 23.3. The van der Waals surface area contributed by atoms with Gasteiger partial charge in [-0.2, -0.15) is 0 Å². The second-order valence-corrected chi connectivity index (χ2v) is 15.8. The average Bonchev–Trinajstić information content (AvgIpc) is 3.21. The molecule has 0 fully saturated rings. The first-order valence-corrected chi connectivity index (χ1v) is 23.3. The quantitative estimate of drug-likeness (QED) is 0.0299. The summed E-state index contributed by atoms with van der Waals surface area (Å²) in [6.45, 7) is 8.36. The highest BCUT2D eigenvalue weighted by atomic mass is 16.7. The van der Waals surface area contributed by atoms with E-state index >= 15 is 0 Å². The van der Waals surface area contributed by atoms with Crippen LogP contribution < -0.4 is 0 Å². The number of carbonyl (C=O) groups excluding carboxylic acids is 3. The maximum atomic E-state index is 12.8. The SMILES string of the molecule is CCCCCCCCCCCCOC(=O)CCCCCC(=O)OCc1cc(CO)cc(COC(=O)CCC(OCCCCCCCC)OCCCCCCCC)c1. The Kier molecular flexibility index (Phi) is 35.9. The topological polar surface area (TPSA) is 118 Å². The molecule has 0 aliphatic heterocycles. The van der Waals surface area contributed by atoms with E-state index < -0.39 is 6.29 Å². The minimum absolute atomic E-state index is 0.0528. The maximum absolute atomic E-state index is 12.8.